The number of fused-ring (bicyclic) bond motifs is 1. The molecule has 0 bridgehead atoms. The van der Waals surface area contributed by atoms with Crippen LogP contribution in [0.1, 0.15) is 57.2 Å². The van der Waals surface area contributed by atoms with Crippen molar-refractivity contribution < 1.29 is 38.4 Å². The van der Waals surface area contributed by atoms with Gasteiger partial charge in [-0.05, 0) is 68.7 Å². The molecule has 1 aliphatic rings. The molecule has 2 N–H and O–H groups in total. The standard InChI is InChI=1S/C26H27NO8S/c1-14(6-12-20(28)29)5-11-18-22(32-3)15(2)19-13-34-25(31)21(19)23(18)35-26(36)27-17-9-7-16(8-10-17)24(30)33-4/h5,7-10H,6,11-13H2,1-4H3,(H,27,36)(H,28,29). The van der Waals surface area contributed by atoms with Crippen LogP contribution in [0.5, 0.6) is 11.5 Å². The first-order valence-corrected chi connectivity index (χ1v) is 11.5. The average molecular weight is 514 g/mol. The van der Waals surface area contributed by atoms with Crippen molar-refractivity contribution in [3.8, 4) is 11.5 Å². The number of ether oxygens (including phenoxy) is 4. The van der Waals surface area contributed by atoms with Gasteiger partial charge < -0.3 is 29.4 Å². The summed E-state index contributed by atoms with van der Waals surface area (Å²) in [5, 5.41) is 11.9. The van der Waals surface area contributed by atoms with Crippen LogP contribution in [0.25, 0.3) is 0 Å². The number of carboxylic acids is 1. The van der Waals surface area contributed by atoms with Crippen molar-refractivity contribution in [2.24, 2.45) is 0 Å². The Bertz CT molecular complexity index is 1230. The van der Waals surface area contributed by atoms with Gasteiger partial charge in [-0.15, -0.1) is 0 Å². The Morgan fingerprint density at radius 3 is 2.47 bits per heavy atom. The van der Waals surface area contributed by atoms with Gasteiger partial charge in [-0.3, -0.25) is 4.79 Å². The fourth-order valence-electron chi connectivity index (χ4n) is 3.85. The van der Waals surface area contributed by atoms with E-state index in [4.69, 9.17) is 36.3 Å². The summed E-state index contributed by atoms with van der Waals surface area (Å²) in [7, 11) is 2.83. The molecule has 1 heterocycles. The van der Waals surface area contributed by atoms with Crippen LogP contribution >= 0.6 is 12.2 Å². The number of methoxy groups -OCH3 is 2. The van der Waals surface area contributed by atoms with E-state index in [1.165, 1.54) is 14.2 Å². The lowest BCUT2D eigenvalue weighted by molar-refractivity contribution is -0.136. The number of hydrogen-bond acceptors (Lipinski definition) is 8. The van der Waals surface area contributed by atoms with Crippen LogP contribution in [0.3, 0.4) is 0 Å². The van der Waals surface area contributed by atoms with Crippen LogP contribution in [0.15, 0.2) is 35.9 Å². The summed E-state index contributed by atoms with van der Waals surface area (Å²) in [6.45, 7) is 3.78. The van der Waals surface area contributed by atoms with Crippen LogP contribution < -0.4 is 14.8 Å². The van der Waals surface area contributed by atoms with E-state index in [9.17, 15) is 14.4 Å². The number of carboxylic acid groups (broad SMARTS) is 1. The summed E-state index contributed by atoms with van der Waals surface area (Å²) in [5.41, 5.74) is 4.11. The van der Waals surface area contributed by atoms with Crippen molar-refractivity contribution in [1.82, 2.24) is 0 Å². The highest BCUT2D eigenvalue weighted by molar-refractivity contribution is 7.80. The molecule has 10 heteroatoms. The third-order valence-electron chi connectivity index (χ3n) is 5.76. The van der Waals surface area contributed by atoms with Crippen molar-refractivity contribution >= 4 is 41.0 Å². The molecule has 2 aromatic carbocycles. The minimum atomic E-state index is -0.878. The zero-order chi connectivity index (χ0) is 26.4. The number of hydrogen-bond donors (Lipinski definition) is 2. The summed E-state index contributed by atoms with van der Waals surface area (Å²) in [5.74, 6) is -1.10. The molecule has 9 nitrogen and oxygen atoms in total. The molecule has 0 spiro atoms. The van der Waals surface area contributed by atoms with Gasteiger partial charge in [-0.1, -0.05) is 11.6 Å². The molecule has 0 saturated heterocycles. The molecule has 0 aromatic heterocycles. The number of carbonyl (C=O) groups excluding carboxylic acids is 2. The Morgan fingerprint density at radius 1 is 1.17 bits per heavy atom. The van der Waals surface area contributed by atoms with Gasteiger partial charge in [0.05, 0.1) is 19.8 Å². The molecule has 0 atom stereocenters. The van der Waals surface area contributed by atoms with Gasteiger partial charge in [0.15, 0.2) is 5.75 Å². The normalized spacial score (nSPS) is 12.4. The fraction of sp³-hybridized carbons (Fsp3) is 0.308. The van der Waals surface area contributed by atoms with E-state index in [2.05, 4.69) is 5.32 Å². The highest BCUT2D eigenvalue weighted by Gasteiger charge is 2.33. The van der Waals surface area contributed by atoms with Gasteiger partial charge in [-0.25, -0.2) is 9.59 Å². The molecule has 2 aromatic rings. The van der Waals surface area contributed by atoms with Crippen LogP contribution in [-0.4, -0.2) is 42.4 Å². The second kappa shape index (κ2) is 11.7. The van der Waals surface area contributed by atoms with Gasteiger partial charge >= 0.3 is 17.9 Å². The highest BCUT2D eigenvalue weighted by Crippen LogP contribution is 2.43. The summed E-state index contributed by atoms with van der Waals surface area (Å²) < 4.78 is 21.7. The monoisotopic (exact) mass is 513 g/mol. The summed E-state index contributed by atoms with van der Waals surface area (Å²) in [6.07, 6.45) is 2.60. The van der Waals surface area contributed by atoms with Gasteiger partial charge in [-0.2, -0.15) is 0 Å². The molecule has 0 unspecified atom stereocenters. The van der Waals surface area contributed by atoms with Gasteiger partial charge in [0, 0.05) is 23.2 Å². The smallest absolute Gasteiger partial charge is 0.342 e. The third-order valence-corrected chi connectivity index (χ3v) is 5.95. The van der Waals surface area contributed by atoms with Crippen molar-refractivity contribution in [3.63, 3.8) is 0 Å². The number of benzene rings is 2. The van der Waals surface area contributed by atoms with Crippen molar-refractivity contribution in [3.05, 3.63) is 63.7 Å². The van der Waals surface area contributed by atoms with E-state index in [1.807, 2.05) is 19.9 Å². The summed E-state index contributed by atoms with van der Waals surface area (Å²) >= 11 is 5.41. The van der Waals surface area contributed by atoms with Crippen LogP contribution in [0, 0.1) is 6.92 Å². The Balaban J connectivity index is 1.94. The summed E-state index contributed by atoms with van der Waals surface area (Å²) in [6, 6.07) is 6.45. The molecule has 0 amide bonds. The zero-order valence-corrected chi connectivity index (χ0v) is 21.2. The molecular weight excluding hydrogens is 486 g/mol. The maximum absolute atomic E-state index is 12.6. The van der Waals surface area contributed by atoms with Crippen LogP contribution in [0.4, 0.5) is 5.69 Å². The molecule has 1 aliphatic heterocycles. The second-order valence-electron chi connectivity index (χ2n) is 8.13. The van der Waals surface area contributed by atoms with Gasteiger partial charge in [0.2, 0.25) is 0 Å². The molecule has 0 aliphatic carbocycles. The minimum Gasteiger partial charge on any atom is -0.496 e. The van der Waals surface area contributed by atoms with Crippen molar-refractivity contribution in [1.29, 1.82) is 0 Å². The number of allylic oxidation sites excluding steroid dienone is 2. The zero-order valence-electron chi connectivity index (χ0n) is 20.4. The number of cyclic esters (lactones) is 1. The lowest BCUT2D eigenvalue weighted by Gasteiger charge is -2.20. The molecule has 0 radical (unpaired) electrons. The van der Waals surface area contributed by atoms with E-state index in [0.29, 0.717) is 41.0 Å². The van der Waals surface area contributed by atoms with E-state index < -0.39 is 17.9 Å². The maximum Gasteiger partial charge on any atom is 0.342 e. The molecule has 0 saturated carbocycles. The Kier molecular flexibility index (Phi) is 8.65. The number of thiocarbonyl (C=S) groups is 1. The Labute approximate surface area is 214 Å². The predicted octanol–water partition coefficient (Wildman–Crippen LogP) is 4.59. The number of rotatable bonds is 9. The van der Waals surface area contributed by atoms with E-state index >= 15 is 0 Å². The summed E-state index contributed by atoms with van der Waals surface area (Å²) in [4.78, 5) is 35.2. The number of carbonyl (C=O) groups is 3. The van der Waals surface area contributed by atoms with Gasteiger partial charge in [0.25, 0.3) is 5.17 Å². The largest absolute Gasteiger partial charge is 0.496 e. The van der Waals surface area contributed by atoms with E-state index in [1.54, 1.807) is 24.3 Å². The molecule has 0 fully saturated rings. The third kappa shape index (κ3) is 6.01. The molecule has 3 rings (SSSR count). The lowest BCUT2D eigenvalue weighted by Crippen LogP contribution is -2.19. The molecular formula is C26H27NO8S. The quantitative estimate of drug-likeness (QED) is 0.280. The number of anilines is 1. The second-order valence-corrected chi connectivity index (χ2v) is 8.50. The SMILES string of the molecule is COC(=O)c1ccc(NC(=S)Oc2c(CC=C(C)CCC(=O)O)c(OC)c(C)c3c2C(=O)OC3)cc1. The molecule has 190 valence electrons. The van der Waals surface area contributed by atoms with Crippen LogP contribution in [0.2, 0.25) is 0 Å². The maximum atomic E-state index is 12.6. The van der Waals surface area contributed by atoms with E-state index in [0.717, 1.165) is 11.1 Å². The number of aliphatic carboxylic acids is 1. The first kappa shape index (κ1) is 26.7. The first-order valence-electron chi connectivity index (χ1n) is 11.1. The number of esters is 2. The minimum absolute atomic E-state index is 0.0150. The topological polar surface area (TPSA) is 120 Å². The highest BCUT2D eigenvalue weighted by atomic mass is 32.1. The van der Waals surface area contributed by atoms with Crippen LogP contribution in [-0.2, 0) is 27.3 Å². The predicted molar refractivity (Wildman–Crippen MR) is 136 cm³/mol. The lowest BCUT2D eigenvalue weighted by atomic mass is 9.94. The van der Waals surface area contributed by atoms with E-state index in [-0.39, 0.29) is 29.5 Å². The Morgan fingerprint density at radius 2 is 1.86 bits per heavy atom. The van der Waals surface area contributed by atoms with Crippen molar-refractivity contribution in [2.75, 3.05) is 19.5 Å². The van der Waals surface area contributed by atoms with Gasteiger partial charge in [0.1, 0.15) is 17.9 Å². The fourth-order valence-corrected chi connectivity index (χ4v) is 4.05. The first-order chi connectivity index (χ1) is 17.2. The molecule has 36 heavy (non-hydrogen) atoms. The van der Waals surface area contributed by atoms with Crippen molar-refractivity contribution in [2.45, 2.75) is 39.7 Å². The Hall–Kier alpha value is -3.92. The average Bonchev–Trinajstić information content (AvgIpc) is 3.25. The number of nitrogens with one attached hydrogen (secondary N) is 1.